The van der Waals surface area contributed by atoms with Crippen LogP contribution in [0.3, 0.4) is 0 Å². The summed E-state index contributed by atoms with van der Waals surface area (Å²) in [6, 6.07) is 5.81. The van der Waals surface area contributed by atoms with E-state index in [1.165, 1.54) is 0 Å². The summed E-state index contributed by atoms with van der Waals surface area (Å²) >= 11 is 0. The van der Waals surface area contributed by atoms with Gasteiger partial charge in [-0.25, -0.2) is 0 Å². The van der Waals surface area contributed by atoms with Gasteiger partial charge in [-0.15, -0.1) is 12.4 Å². The SMILES string of the molecule is COc1cc(-c2nc(C3(N)CCC3)no2)ccc1C.Cl. The van der Waals surface area contributed by atoms with Crippen molar-refractivity contribution < 1.29 is 9.26 Å². The Kier molecular flexibility index (Phi) is 4.01. The number of hydrogen-bond donors (Lipinski definition) is 1. The molecule has 5 nitrogen and oxygen atoms in total. The molecular formula is C14H18ClN3O2. The molecule has 0 radical (unpaired) electrons. The van der Waals surface area contributed by atoms with Crippen LogP contribution < -0.4 is 10.5 Å². The van der Waals surface area contributed by atoms with Gasteiger partial charge in [-0.2, -0.15) is 4.98 Å². The Hall–Kier alpha value is -1.59. The lowest BCUT2D eigenvalue weighted by Gasteiger charge is -2.34. The molecule has 0 amide bonds. The molecule has 0 bridgehead atoms. The van der Waals surface area contributed by atoms with E-state index in [-0.39, 0.29) is 12.4 Å². The molecule has 1 aromatic heterocycles. The molecule has 1 heterocycles. The first-order valence-corrected chi connectivity index (χ1v) is 6.40. The zero-order valence-corrected chi connectivity index (χ0v) is 12.4. The summed E-state index contributed by atoms with van der Waals surface area (Å²) in [5.74, 6) is 1.90. The van der Waals surface area contributed by atoms with E-state index in [9.17, 15) is 0 Å². The van der Waals surface area contributed by atoms with Crippen LogP contribution in [-0.4, -0.2) is 17.3 Å². The van der Waals surface area contributed by atoms with Crippen molar-refractivity contribution in [2.75, 3.05) is 7.11 Å². The predicted molar refractivity (Wildman–Crippen MR) is 78.0 cm³/mol. The van der Waals surface area contributed by atoms with Crippen molar-refractivity contribution in [3.63, 3.8) is 0 Å². The Labute approximate surface area is 123 Å². The van der Waals surface area contributed by atoms with Crippen molar-refractivity contribution in [2.24, 2.45) is 5.73 Å². The molecule has 2 N–H and O–H groups in total. The Morgan fingerprint density at radius 2 is 2.10 bits per heavy atom. The average Bonchev–Trinajstić information content (AvgIpc) is 2.86. The fourth-order valence-corrected chi connectivity index (χ4v) is 2.28. The molecule has 0 aliphatic heterocycles. The highest BCUT2D eigenvalue weighted by Crippen LogP contribution is 2.37. The molecule has 0 unspecified atom stereocenters. The highest BCUT2D eigenvalue weighted by atomic mass is 35.5. The maximum Gasteiger partial charge on any atom is 0.258 e. The van der Waals surface area contributed by atoms with Gasteiger partial charge in [0, 0.05) is 5.56 Å². The fraction of sp³-hybridized carbons (Fsp3) is 0.429. The molecule has 6 heteroatoms. The summed E-state index contributed by atoms with van der Waals surface area (Å²) in [4.78, 5) is 4.42. The van der Waals surface area contributed by atoms with Gasteiger partial charge in [-0.3, -0.25) is 0 Å². The Bertz CT molecular complexity index is 608. The Balaban J connectivity index is 0.00000147. The van der Waals surface area contributed by atoms with E-state index >= 15 is 0 Å². The van der Waals surface area contributed by atoms with Crippen LogP contribution in [0.4, 0.5) is 0 Å². The number of aromatic nitrogens is 2. The van der Waals surface area contributed by atoms with Crippen LogP contribution >= 0.6 is 12.4 Å². The van der Waals surface area contributed by atoms with Crippen molar-refractivity contribution in [2.45, 2.75) is 31.7 Å². The van der Waals surface area contributed by atoms with Crippen LogP contribution in [0.25, 0.3) is 11.5 Å². The van der Waals surface area contributed by atoms with Gasteiger partial charge in [0.05, 0.1) is 12.6 Å². The van der Waals surface area contributed by atoms with Gasteiger partial charge in [-0.05, 0) is 43.9 Å². The van der Waals surface area contributed by atoms with Gasteiger partial charge in [-0.1, -0.05) is 11.2 Å². The normalized spacial score (nSPS) is 16.1. The third kappa shape index (κ3) is 2.39. The van der Waals surface area contributed by atoms with Crippen LogP contribution in [0, 0.1) is 6.92 Å². The first-order valence-electron chi connectivity index (χ1n) is 6.40. The van der Waals surface area contributed by atoms with E-state index < -0.39 is 5.54 Å². The first kappa shape index (κ1) is 14.8. The average molecular weight is 296 g/mol. The van der Waals surface area contributed by atoms with Crippen LogP contribution in [0.2, 0.25) is 0 Å². The molecule has 108 valence electrons. The number of methoxy groups -OCH3 is 1. The van der Waals surface area contributed by atoms with Crippen molar-refractivity contribution >= 4 is 12.4 Å². The molecule has 3 rings (SSSR count). The minimum atomic E-state index is -0.392. The van der Waals surface area contributed by atoms with Crippen LogP contribution in [0.15, 0.2) is 22.7 Å². The van der Waals surface area contributed by atoms with Gasteiger partial charge in [0.2, 0.25) is 0 Å². The Morgan fingerprint density at radius 3 is 2.70 bits per heavy atom. The molecule has 1 saturated carbocycles. The lowest BCUT2D eigenvalue weighted by molar-refractivity contribution is 0.229. The quantitative estimate of drug-likeness (QED) is 0.942. The third-order valence-corrected chi connectivity index (χ3v) is 3.77. The van der Waals surface area contributed by atoms with Crippen LogP contribution in [-0.2, 0) is 5.54 Å². The smallest absolute Gasteiger partial charge is 0.258 e. The molecular weight excluding hydrogens is 278 g/mol. The van der Waals surface area contributed by atoms with Gasteiger partial charge in [0.1, 0.15) is 5.75 Å². The fourth-order valence-electron chi connectivity index (χ4n) is 2.28. The largest absolute Gasteiger partial charge is 0.496 e. The Morgan fingerprint density at radius 1 is 1.35 bits per heavy atom. The van der Waals surface area contributed by atoms with E-state index in [0.29, 0.717) is 11.7 Å². The molecule has 1 fully saturated rings. The van der Waals surface area contributed by atoms with Crippen LogP contribution in [0.5, 0.6) is 5.75 Å². The lowest BCUT2D eigenvalue weighted by atomic mass is 9.77. The second-order valence-corrected chi connectivity index (χ2v) is 5.12. The number of rotatable bonds is 3. The second kappa shape index (κ2) is 5.42. The zero-order chi connectivity index (χ0) is 13.5. The number of benzene rings is 1. The van der Waals surface area contributed by atoms with E-state index in [0.717, 1.165) is 36.1 Å². The van der Waals surface area contributed by atoms with Crippen molar-refractivity contribution in [1.82, 2.24) is 10.1 Å². The van der Waals surface area contributed by atoms with Crippen molar-refractivity contribution in [3.05, 3.63) is 29.6 Å². The van der Waals surface area contributed by atoms with Crippen molar-refractivity contribution in [1.29, 1.82) is 0 Å². The minimum absolute atomic E-state index is 0. The number of ether oxygens (including phenoxy) is 1. The summed E-state index contributed by atoms with van der Waals surface area (Å²) in [6.45, 7) is 1.99. The summed E-state index contributed by atoms with van der Waals surface area (Å²) in [5.41, 5.74) is 7.71. The summed E-state index contributed by atoms with van der Waals surface area (Å²) in [6.07, 6.45) is 2.96. The van der Waals surface area contributed by atoms with Gasteiger partial charge >= 0.3 is 0 Å². The number of hydrogen-bond acceptors (Lipinski definition) is 5. The monoisotopic (exact) mass is 295 g/mol. The summed E-state index contributed by atoms with van der Waals surface area (Å²) in [5, 5.41) is 4.01. The molecule has 0 spiro atoms. The van der Waals surface area contributed by atoms with E-state index in [1.807, 2.05) is 25.1 Å². The minimum Gasteiger partial charge on any atom is -0.496 e. The first-order chi connectivity index (χ1) is 9.12. The van der Waals surface area contributed by atoms with E-state index in [1.54, 1.807) is 7.11 Å². The van der Waals surface area contributed by atoms with Gasteiger partial charge < -0.3 is 15.0 Å². The number of nitrogens with zero attached hydrogens (tertiary/aromatic N) is 2. The van der Waals surface area contributed by atoms with Crippen molar-refractivity contribution in [3.8, 4) is 17.2 Å². The van der Waals surface area contributed by atoms with E-state index in [4.69, 9.17) is 15.0 Å². The molecule has 1 aliphatic carbocycles. The van der Waals surface area contributed by atoms with Gasteiger partial charge in [0.15, 0.2) is 5.82 Å². The molecule has 20 heavy (non-hydrogen) atoms. The summed E-state index contributed by atoms with van der Waals surface area (Å²) < 4.78 is 10.6. The highest BCUT2D eigenvalue weighted by molar-refractivity contribution is 5.85. The maximum absolute atomic E-state index is 6.19. The highest BCUT2D eigenvalue weighted by Gasteiger charge is 2.39. The zero-order valence-electron chi connectivity index (χ0n) is 11.5. The third-order valence-electron chi connectivity index (χ3n) is 3.77. The molecule has 0 atom stereocenters. The molecule has 0 saturated heterocycles. The van der Waals surface area contributed by atoms with E-state index in [2.05, 4.69) is 10.1 Å². The molecule has 2 aromatic rings. The number of aryl methyl sites for hydroxylation is 1. The lowest BCUT2D eigenvalue weighted by Crippen LogP contribution is -2.44. The summed E-state index contributed by atoms with van der Waals surface area (Å²) in [7, 11) is 1.65. The molecule has 1 aromatic carbocycles. The molecule has 1 aliphatic rings. The maximum atomic E-state index is 6.19. The number of halogens is 1. The second-order valence-electron chi connectivity index (χ2n) is 5.12. The van der Waals surface area contributed by atoms with Gasteiger partial charge in [0.25, 0.3) is 5.89 Å². The standard InChI is InChI=1S/C14H17N3O2.ClH/c1-9-4-5-10(8-11(9)18-2)12-16-13(17-19-12)14(15)6-3-7-14;/h4-5,8H,3,6-7,15H2,1-2H3;1H. The number of nitrogens with two attached hydrogens (primary N) is 1. The predicted octanol–water partition coefficient (Wildman–Crippen LogP) is 2.81. The topological polar surface area (TPSA) is 74.2 Å². The van der Waals surface area contributed by atoms with Crippen LogP contribution in [0.1, 0.15) is 30.7 Å².